The third-order valence-electron chi connectivity index (χ3n) is 5.92. The quantitative estimate of drug-likeness (QED) is 0.573. The van der Waals surface area contributed by atoms with Crippen molar-refractivity contribution in [3.05, 3.63) is 77.9 Å². The third-order valence-corrected chi connectivity index (χ3v) is 5.92. The summed E-state index contributed by atoms with van der Waals surface area (Å²) in [6.45, 7) is 1.71. The normalized spacial score (nSPS) is 15.7. The number of benzene rings is 2. The van der Waals surface area contributed by atoms with Gasteiger partial charge in [0.15, 0.2) is 0 Å². The van der Waals surface area contributed by atoms with Gasteiger partial charge in [-0.25, -0.2) is 14.4 Å². The Balaban J connectivity index is 1.22. The molecule has 9 heteroatoms. The molecule has 3 amide bonds. The number of anilines is 1. The highest BCUT2D eigenvalue weighted by Crippen LogP contribution is 2.24. The average molecular weight is 445 g/mol. The van der Waals surface area contributed by atoms with Crippen LogP contribution in [-0.2, 0) is 4.79 Å². The first-order chi connectivity index (χ1) is 16.0. The number of imide groups is 1. The summed E-state index contributed by atoms with van der Waals surface area (Å²) in [7, 11) is 0. The highest BCUT2D eigenvalue weighted by molar-refractivity contribution is 6.22. The van der Waals surface area contributed by atoms with Crippen LogP contribution in [0.4, 0.5) is 10.2 Å². The zero-order valence-electron chi connectivity index (χ0n) is 17.6. The molecule has 0 spiro atoms. The molecule has 0 N–H and O–H groups in total. The molecule has 8 nitrogen and oxygen atoms in total. The van der Waals surface area contributed by atoms with E-state index in [0.29, 0.717) is 43.0 Å². The van der Waals surface area contributed by atoms with Gasteiger partial charge in [0.05, 0.1) is 16.8 Å². The molecule has 5 rings (SSSR count). The Hall–Kier alpha value is -4.14. The molecule has 166 valence electrons. The van der Waals surface area contributed by atoms with Crippen molar-refractivity contribution in [1.82, 2.24) is 19.8 Å². The Bertz CT molecular complexity index is 1200. The highest BCUT2D eigenvalue weighted by Gasteiger charge is 2.37. The Morgan fingerprint density at radius 1 is 0.879 bits per heavy atom. The number of halogens is 1. The van der Waals surface area contributed by atoms with E-state index in [2.05, 4.69) is 9.97 Å². The molecule has 0 radical (unpaired) electrons. The van der Waals surface area contributed by atoms with Crippen LogP contribution in [0.5, 0.6) is 0 Å². The number of amides is 3. The maximum atomic E-state index is 13.2. The molecule has 0 bridgehead atoms. The van der Waals surface area contributed by atoms with Crippen LogP contribution in [0.1, 0.15) is 20.7 Å². The van der Waals surface area contributed by atoms with Crippen molar-refractivity contribution in [3.63, 3.8) is 0 Å². The predicted octanol–water partition coefficient (Wildman–Crippen LogP) is 2.23. The van der Waals surface area contributed by atoms with E-state index in [4.69, 9.17) is 0 Å². The van der Waals surface area contributed by atoms with Crippen LogP contribution < -0.4 is 4.90 Å². The molecule has 1 saturated heterocycles. The summed E-state index contributed by atoms with van der Waals surface area (Å²) in [6, 6.07) is 14.5. The summed E-state index contributed by atoms with van der Waals surface area (Å²) in [5, 5.41) is 0. The van der Waals surface area contributed by atoms with Gasteiger partial charge in [0.2, 0.25) is 5.91 Å². The van der Waals surface area contributed by atoms with E-state index in [1.807, 2.05) is 11.0 Å². The summed E-state index contributed by atoms with van der Waals surface area (Å²) in [5.74, 6) is -0.723. The van der Waals surface area contributed by atoms with Gasteiger partial charge >= 0.3 is 0 Å². The van der Waals surface area contributed by atoms with E-state index in [9.17, 15) is 18.8 Å². The largest absolute Gasteiger partial charge is 0.353 e. The smallest absolute Gasteiger partial charge is 0.262 e. The lowest BCUT2D eigenvalue weighted by Crippen LogP contribution is -2.52. The molecule has 0 saturated carbocycles. The molecule has 0 atom stereocenters. The van der Waals surface area contributed by atoms with E-state index in [1.54, 1.807) is 41.3 Å². The fourth-order valence-electron chi connectivity index (χ4n) is 4.10. The van der Waals surface area contributed by atoms with E-state index < -0.39 is 11.8 Å². The van der Waals surface area contributed by atoms with Crippen molar-refractivity contribution >= 4 is 23.5 Å². The Labute approximate surface area is 189 Å². The number of aromatic nitrogens is 2. The molecule has 2 aliphatic heterocycles. The second-order valence-corrected chi connectivity index (χ2v) is 7.88. The number of piperazine rings is 1. The predicted molar refractivity (Wildman–Crippen MR) is 118 cm³/mol. The third kappa shape index (κ3) is 3.93. The Morgan fingerprint density at radius 2 is 1.52 bits per heavy atom. The first kappa shape index (κ1) is 20.7. The molecular formula is C24H20FN5O3. The molecule has 1 aromatic heterocycles. The molecule has 0 aliphatic carbocycles. The van der Waals surface area contributed by atoms with Crippen LogP contribution in [0.25, 0.3) is 11.3 Å². The van der Waals surface area contributed by atoms with E-state index in [0.717, 1.165) is 16.3 Å². The van der Waals surface area contributed by atoms with E-state index >= 15 is 0 Å². The van der Waals surface area contributed by atoms with Gasteiger partial charge in [0, 0.05) is 37.8 Å². The minimum absolute atomic E-state index is 0.265. The molecule has 33 heavy (non-hydrogen) atoms. The highest BCUT2D eigenvalue weighted by atomic mass is 19.1. The number of nitrogens with zero attached hydrogens (tertiary/aromatic N) is 5. The summed E-state index contributed by atoms with van der Waals surface area (Å²) >= 11 is 0. The number of fused-ring (bicyclic) bond motifs is 1. The van der Waals surface area contributed by atoms with Crippen molar-refractivity contribution < 1.29 is 18.8 Å². The summed E-state index contributed by atoms with van der Waals surface area (Å²) in [6.07, 6.45) is 1.47. The monoisotopic (exact) mass is 445 g/mol. The Kier molecular flexibility index (Phi) is 5.29. The van der Waals surface area contributed by atoms with Gasteiger partial charge < -0.3 is 9.80 Å². The molecule has 3 aromatic rings. The minimum Gasteiger partial charge on any atom is -0.353 e. The standard InChI is InChI=1S/C24H20FN5O3/c25-17-7-5-16(6-8-17)20-13-21(27-15-26-20)28-9-11-29(12-10-28)22(31)14-30-23(32)18-3-1-2-4-19(18)24(30)33/h1-8,13,15H,9-12,14H2. The van der Waals surface area contributed by atoms with Gasteiger partial charge in [0.1, 0.15) is 24.5 Å². The Morgan fingerprint density at radius 3 is 2.15 bits per heavy atom. The van der Waals surface area contributed by atoms with Crippen molar-refractivity contribution in [2.45, 2.75) is 0 Å². The van der Waals surface area contributed by atoms with Gasteiger partial charge in [0.25, 0.3) is 11.8 Å². The minimum atomic E-state index is -0.433. The van der Waals surface area contributed by atoms with Crippen molar-refractivity contribution in [2.75, 3.05) is 37.6 Å². The molecule has 1 fully saturated rings. The lowest BCUT2D eigenvalue weighted by atomic mass is 10.1. The first-order valence-corrected chi connectivity index (χ1v) is 10.6. The topological polar surface area (TPSA) is 86.7 Å². The second kappa shape index (κ2) is 8.42. The van der Waals surface area contributed by atoms with Crippen LogP contribution in [0.2, 0.25) is 0 Å². The lowest BCUT2D eigenvalue weighted by Gasteiger charge is -2.36. The lowest BCUT2D eigenvalue weighted by molar-refractivity contribution is -0.131. The summed E-state index contributed by atoms with van der Waals surface area (Å²) < 4.78 is 13.2. The van der Waals surface area contributed by atoms with E-state index in [-0.39, 0.29) is 18.3 Å². The zero-order valence-corrected chi connectivity index (χ0v) is 17.6. The average Bonchev–Trinajstić information content (AvgIpc) is 3.09. The van der Waals surface area contributed by atoms with Gasteiger partial charge in [-0.05, 0) is 36.4 Å². The number of hydrogen-bond donors (Lipinski definition) is 0. The number of carbonyl (C=O) groups excluding carboxylic acids is 3. The van der Waals surface area contributed by atoms with Crippen molar-refractivity contribution in [1.29, 1.82) is 0 Å². The van der Waals surface area contributed by atoms with Gasteiger partial charge in [-0.1, -0.05) is 12.1 Å². The van der Waals surface area contributed by atoms with Gasteiger partial charge in [-0.15, -0.1) is 0 Å². The number of hydrogen-bond acceptors (Lipinski definition) is 6. The fraction of sp³-hybridized carbons (Fsp3) is 0.208. The second-order valence-electron chi connectivity index (χ2n) is 7.88. The van der Waals surface area contributed by atoms with E-state index in [1.165, 1.54) is 18.5 Å². The van der Waals surface area contributed by atoms with Crippen LogP contribution in [0, 0.1) is 5.82 Å². The maximum Gasteiger partial charge on any atom is 0.262 e. The molecular weight excluding hydrogens is 425 g/mol. The van der Waals surface area contributed by atoms with Crippen LogP contribution in [-0.4, -0.2) is 70.2 Å². The van der Waals surface area contributed by atoms with Gasteiger partial charge in [-0.2, -0.15) is 0 Å². The van der Waals surface area contributed by atoms with Crippen LogP contribution in [0.3, 0.4) is 0 Å². The van der Waals surface area contributed by atoms with Crippen LogP contribution >= 0.6 is 0 Å². The number of carbonyl (C=O) groups is 3. The van der Waals surface area contributed by atoms with Crippen molar-refractivity contribution in [3.8, 4) is 11.3 Å². The molecule has 3 heterocycles. The molecule has 2 aromatic carbocycles. The summed E-state index contributed by atoms with van der Waals surface area (Å²) in [4.78, 5) is 51.2. The van der Waals surface area contributed by atoms with Gasteiger partial charge in [-0.3, -0.25) is 19.3 Å². The maximum absolute atomic E-state index is 13.2. The zero-order chi connectivity index (χ0) is 22.9. The first-order valence-electron chi connectivity index (χ1n) is 10.6. The number of rotatable bonds is 4. The van der Waals surface area contributed by atoms with Crippen LogP contribution in [0.15, 0.2) is 60.9 Å². The molecule has 2 aliphatic rings. The fourth-order valence-corrected chi connectivity index (χ4v) is 4.10. The summed E-state index contributed by atoms with van der Waals surface area (Å²) in [5.41, 5.74) is 2.14. The SMILES string of the molecule is O=C(CN1C(=O)c2ccccc2C1=O)N1CCN(c2cc(-c3ccc(F)cc3)ncn2)CC1. The molecule has 0 unspecified atom stereocenters. The van der Waals surface area contributed by atoms with Crippen molar-refractivity contribution in [2.24, 2.45) is 0 Å².